The monoisotopic (exact) mass is 668 g/mol. The Bertz CT molecular complexity index is 806. The van der Waals surface area contributed by atoms with Crippen molar-refractivity contribution in [1.82, 2.24) is 9.80 Å². The SMILES string of the molecule is CCCCCC/C=C\COC(=O)CCCN(CC(=O)CC(=O)OC(CCCCCCC)CCCCCCC)C(=O)SCCN(C)C. The lowest BCUT2D eigenvalue weighted by molar-refractivity contribution is -0.151. The molecular weight excluding hydrogens is 600 g/mol. The number of Topliss-reactive ketones (excluding diaryl/α,β-unsaturated/α-hetero) is 1. The highest BCUT2D eigenvalue weighted by Crippen LogP contribution is 2.18. The quantitative estimate of drug-likeness (QED) is 0.0313. The van der Waals surface area contributed by atoms with Crippen molar-refractivity contribution in [3.05, 3.63) is 12.2 Å². The molecule has 0 rings (SSSR count). The summed E-state index contributed by atoms with van der Waals surface area (Å²) in [4.78, 5) is 54.5. The molecule has 0 unspecified atom stereocenters. The predicted molar refractivity (Wildman–Crippen MR) is 192 cm³/mol. The molecule has 268 valence electrons. The van der Waals surface area contributed by atoms with Gasteiger partial charge in [-0.2, -0.15) is 0 Å². The number of nitrogens with zero attached hydrogens (tertiary/aromatic N) is 2. The van der Waals surface area contributed by atoms with Crippen LogP contribution >= 0.6 is 11.8 Å². The number of carbonyl (C=O) groups excluding carboxylic acids is 4. The zero-order chi connectivity index (χ0) is 34.3. The molecule has 0 aliphatic rings. The molecule has 1 amide bonds. The second-order valence-electron chi connectivity index (χ2n) is 12.7. The normalized spacial score (nSPS) is 11.5. The molecule has 0 aromatic heterocycles. The van der Waals surface area contributed by atoms with Crippen molar-refractivity contribution in [2.24, 2.45) is 0 Å². The van der Waals surface area contributed by atoms with Gasteiger partial charge in [0.2, 0.25) is 0 Å². The third kappa shape index (κ3) is 28.4. The summed E-state index contributed by atoms with van der Waals surface area (Å²) >= 11 is 1.15. The summed E-state index contributed by atoms with van der Waals surface area (Å²) in [5.74, 6) is -0.591. The summed E-state index contributed by atoms with van der Waals surface area (Å²) in [7, 11) is 3.88. The molecule has 0 saturated heterocycles. The van der Waals surface area contributed by atoms with Gasteiger partial charge in [0.05, 0.1) is 6.54 Å². The Morgan fingerprint density at radius 1 is 0.696 bits per heavy atom. The highest BCUT2D eigenvalue weighted by Gasteiger charge is 2.22. The van der Waals surface area contributed by atoms with Crippen molar-refractivity contribution < 1.29 is 28.7 Å². The van der Waals surface area contributed by atoms with Crippen LogP contribution in [0.4, 0.5) is 4.79 Å². The zero-order valence-corrected chi connectivity index (χ0v) is 31.0. The van der Waals surface area contributed by atoms with Crippen LogP contribution < -0.4 is 0 Å². The minimum Gasteiger partial charge on any atom is -0.462 e. The van der Waals surface area contributed by atoms with Gasteiger partial charge in [0.25, 0.3) is 5.24 Å². The fourth-order valence-electron chi connectivity index (χ4n) is 5.01. The Hall–Kier alpha value is -1.87. The highest BCUT2D eigenvalue weighted by atomic mass is 32.2. The fourth-order valence-corrected chi connectivity index (χ4v) is 5.98. The summed E-state index contributed by atoms with van der Waals surface area (Å²) < 4.78 is 11.1. The van der Waals surface area contributed by atoms with E-state index in [0.29, 0.717) is 12.2 Å². The van der Waals surface area contributed by atoms with Gasteiger partial charge < -0.3 is 19.3 Å². The summed E-state index contributed by atoms with van der Waals surface area (Å²) in [6.07, 6.45) is 22.9. The third-order valence-electron chi connectivity index (χ3n) is 7.83. The van der Waals surface area contributed by atoms with Gasteiger partial charge in [-0.05, 0) is 59.0 Å². The van der Waals surface area contributed by atoms with E-state index in [9.17, 15) is 19.2 Å². The second kappa shape index (κ2) is 31.7. The van der Waals surface area contributed by atoms with Gasteiger partial charge in [0.15, 0.2) is 5.78 Å². The molecule has 0 aromatic carbocycles. The fraction of sp³-hybridized carbons (Fsp3) is 0.838. The number of unbranched alkanes of at least 4 members (excludes halogenated alkanes) is 12. The van der Waals surface area contributed by atoms with Crippen molar-refractivity contribution >= 4 is 34.7 Å². The standard InChI is InChI=1S/C37H68N2O6S/c1-6-9-12-15-16-19-22-29-44-35(41)26-23-27-39(37(43)46-30-28-38(4)5)32-33(40)31-36(42)45-34(24-20-17-13-10-7-2)25-21-18-14-11-8-3/h19,22,34H,6-18,20-21,23-32H2,1-5H3/b22-19-. The minimum absolute atomic E-state index is 0.158. The number of ketones is 1. The van der Waals surface area contributed by atoms with Gasteiger partial charge in [0.1, 0.15) is 19.1 Å². The van der Waals surface area contributed by atoms with Crippen LogP contribution in [0.25, 0.3) is 0 Å². The van der Waals surface area contributed by atoms with E-state index < -0.39 is 5.97 Å². The summed E-state index contributed by atoms with van der Waals surface area (Å²) in [5.41, 5.74) is 0. The van der Waals surface area contributed by atoms with Crippen LogP contribution in [-0.2, 0) is 23.9 Å². The number of esters is 2. The Balaban J connectivity index is 4.90. The molecule has 0 heterocycles. The molecule has 0 spiro atoms. The van der Waals surface area contributed by atoms with E-state index in [1.165, 1.54) is 62.7 Å². The number of amides is 1. The van der Waals surface area contributed by atoms with E-state index in [1.807, 2.05) is 31.1 Å². The molecule has 0 aromatic rings. The molecule has 46 heavy (non-hydrogen) atoms. The summed E-state index contributed by atoms with van der Waals surface area (Å²) in [5, 5.41) is -0.222. The molecule has 0 aliphatic carbocycles. The van der Waals surface area contributed by atoms with Crippen LogP contribution in [0, 0.1) is 0 Å². The average molecular weight is 669 g/mol. The maximum atomic E-state index is 13.0. The number of hydrogen-bond donors (Lipinski definition) is 0. The minimum atomic E-state index is -0.508. The lowest BCUT2D eigenvalue weighted by Crippen LogP contribution is -2.36. The lowest BCUT2D eigenvalue weighted by Gasteiger charge is -2.22. The largest absolute Gasteiger partial charge is 0.462 e. The molecular formula is C37H68N2O6S. The number of allylic oxidation sites excluding steroid dienone is 1. The molecule has 8 nitrogen and oxygen atoms in total. The van der Waals surface area contributed by atoms with Gasteiger partial charge in [-0.3, -0.25) is 19.2 Å². The maximum Gasteiger partial charge on any atom is 0.313 e. The van der Waals surface area contributed by atoms with Crippen LogP contribution in [0.3, 0.4) is 0 Å². The lowest BCUT2D eigenvalue weighted by atomic mass is 10.0. The molecule has 9 heteroatoms. The van der Waals surface area contributed by atoms with Gasteiger partial charge in [-0.25, -0.2) is 0 Å². The average Bonchev–Trinajstić information content (AvgIpc) is 3.01. The Kier molecular flexibility index (Phi) is 30.4. The molecule has 0 bridgehead atoms. The Morgan fingerprint density at radius 3 is 1.87 bits per heavy atom. The van der Waals surface area contributed by atoms with E-state index in [0.717, 1.165) is 69.7 Å². The van der Waals surface area contributed by atoms with E-state index in [-0.39, 0.29) is 55.6 Å². The highest BCUT2D eigenvalue weighted by molar-refractivity contribution is 8.13. The summed E-state index contributed by atoms with van der Waals surface area (Å²) in [6.45, 7) is 7.62. The first kappa shape index (κ1) is 44.1. The summed E-state index contributed by atoms with van der Waals surface area (Å²) in [6, 6.07) is 0. The predicted octanol–water partition coefficient (Wildman–Crippen LogP) is 9.15. The number of carbonyl (C=O) groups is 4. The second-order valence-corrected chi connectivity index (χ2v) is 13.7. The zero-order valence-electron chi connectivity index (χ0n) is 30.2. The van der Waals surface area contributed by atoms with Crippen LogP contribution in [0.5, 0.6) is 0 Å². The van der Waals surface area contributed by atoms with Crippen LogP contribution in [0.15, 0.2) is 12.2 Å². The smallest absolute Gasteiger partial charge is 0.313 e. The number of rotatable bonds is 31. The van der Waals surface area contributed by atoms with E-state index in [1.54, 1.807) is 0 Å². The number of hydrogen-bond acceptors (Lipinski definition) is 8. The maximum absolute atomic E-state index is 13.0. The molecule has 0 atom stereocenters. The van der Waals surface area contributed by atoms with E-state index in [2.05, 4.69) is 20.8 Å². The van der Waals surface area contributed by atoms with Gasteiger partial charge in [-0.15, -0.1) is 0 Å². The first-order valence-corrected chi connectivity index (χ1v) is 19.3. The van der Waals surface area contributed by atoms with Crippen LogP contribution in [0.1, 0.15) is 149 Å². The molecule has 0 N–H and O–H groups in total. The number of ether oxygens (including phenoxy) is 2. The molecule has 0 radical (unpaired) electrons. The van der Waals surface area contributed by atoms with Crippen molar-refractivity contribution in [2.45, 2.75) is 155 Å². The molecule has 0 saturated carbocycles. The van der Waals surface area contributed by atoms with Crippen molar-refractivity contribution in [3.8, 4) is 0 Å². The Morgan fingerprint density at radius 2 is 1.28 bits per heavy atom. The van der Waals surface area contributed by atoms with Crippen LogP contribution in [0.2, 0.25) is 0 Å². The van der Waals surface area contributed by atoms with Crippen molar-refractivity contribution in [3.63, 3.8) is 0 Å². The number of thioether (sulfide) groups is 1. The molecule has 0 aliphatic heterocycles. The molecule has 0 fully saturated rings. The van der Waals surface area contributed by atoms with Crippen molar-refractivity contribution in [1.29, 1.82) is 0 Å². The third-order valence-corrected chi connectivity index (χ3v) is 8.72. The topological polar surface area (TPSA) is 93.2 Å². The van der Waals surface area contributed by atoms with Gasteiger partial charge in [0, 0.05) is 25.3 Å². The van der Waals surface area contributed by atoms with Crippen LogP contribution in [-0.4, -0.2) is 85.0 Å². The van der Waals surface area contributed by atoms with Crippen molar-refractivity contribution in [2.75, 3.05) is 46.1 Å². The van der Waals surface area contributed by atoms with E-state index in [4.69, 9.17) is 9.47 Å². The van der Waals surface area contributed by atoms with E-state index >= 15 is 0 Å². The van der Waals surface area contributed by atoms with Gasteiger partial charge >= 0.3 is 11.9 Å². The Labute approximate surface area is 286 Å². The first-order chi connectivity index (χ1) is 22.2. The first-order valence-electron chi connectivity index (χ1n) is 18.3. The van der Waals surface area contributed by atoms with Gasteiger partial charge in [-0.1, -0.05) is 115 Å².